The molecule has 0 saturated carbocycles. The first kappa shape index (κ1) is 31.2. The van der Waals surface area contributed by atoms with E-state index in [1.807, 2.05) is 12.1 Å². The van der Waals surface area contributed by atoms with Gasteiger partial charge in [0.05, 0.1) is 33.8 Å². The van der Waals surface area contributed by atoms with Gasteiger partial charge in [-0.3, -0.25) is 15.6 Å². The fourth-order valence-corrected chi connectivity index (χ4v) is 5.37. The lowest BCUT2D eigenvalue weighted by molar-refractivity contribution is -0.114. The van der Waals surface area contributed by atoms with Gasteiger partial charge in [0.2, 0.25) is 11.0 Å². The molecule has 9 heteroatoms. The topological polar surface area (TPSA) is 95.6 Å². The predicted molar refractivity (Wildman–Crippen MR) is 169 cm³/mol. The van der Waals surface area contributed by atoms with Gasteiger partial charge in [0.25, 0.3) is 0 Å². The molecule has 0 aliphatic heterocycles. The maximum atomic E-state index is 12.6. The van der Waals surface area contributed by atoms with Crippen LogP contribution in [0.2, 0.25) is 0 Å². The van der Waals surface area contributed by atoms with Crippen molar-refractivity contribution in [2.24, 2.45) is 5.92 Å². The van der Waals surface area contributed by atoms with E-state index in [2.05, 4.69) is 72.8 Å². The van der Waals surface area contributed by atoms with E-state index in [4.69, 9.17) is 4.74 Å². The number of unbranched alkanes of at least 4 members (excludes halogenated alkanes) is 2. The zero-order valence-electron chi connectivity index (χ0n) is 24.9. The molecular formula is C31H45N5O3S. The summed E-state index contributed by atoms with van der Waals surface area (Å²) in [6, 6.07) is 9.54. The number of anilines is 4. The van der Waals surface area contributed by atoms with Crippen LogP contribution in [0.5, 0.6) is 0 Å². The molecule has 3 rings (SSSR count). The molecule has 2 aromatic carbocycles. The van der Waals surface area contributed by atoms with Crippen LogP contribution in [-0.2, 0) is 9.53 Å². The molecule has 0 fully saturated rings. The van der Waals surface area contributed by atoms with E-state index in [1.54, 1.807) is 6.07 Å². The molecule has 0 spiro atoms. The van der Waals surface area contributed by atoms with Gasteiger partial charge in [-0.2, -0.15) is 0 Å². The minimum absolute atomic E-state index is 0.130. The number of ether oxygens (including phenoxy) is 1. The van der Waals surface area contributed by atoms with Crippen LogP contribution in [0.25, 0.3) is 10.2 Å². The fourth-order valence-electron chi connectivity index (χ4n) is 4.51. The number of amides is 1. The van der Waals surface area contributed by atoms with Crippen LogP contribution in [0, 0.1) is 12.8 Å². The molecule has 3 aromatic rings. The number of esters is 1. The van der Waals surface area contributed by atoms with E-state index in [0.717, 1.165) is 78.8 Å². The minimum Gasteiger partial charge on any atom is -0.462 e. The first-order chi connectivity index (χ1) is 19.3. The quantitative estimate of drug-likeness (QED) is 0.119. The van der Waals surface area contributed by atoms with Gasteiger partial charge in [-0.1, -0.05) is 64.7 Å². The smallest absolute Gasteiger partial charge is 0.338 e. The molecule has 0 saturated heterocycles. The summed E-state index contributed by atoms with van der Waals surface area (Å²) in [5.74, 6) is -0.0545. The summed E-state index contributed by atoms with van der Waals surface area (Å²) >= 11 is 1.44. The Kier molecular flexibility index (Phi) is 12.1. The Balaban J connectivity index is 1.78. The third-order valence-corrected chi connectivity index (χ3v) is 8.02. The van der Waals surface area contributed by atoms with Crippen LogP contribution < -0.4 is 21.1 Å². The molecule has 0 aliphatic rings. The third kappa shape index (κ3) is 8.58. The number of thiazole rings is 1. The largest absolute Gasteiger partial charge is 0.462 e. The van der Waals surface area contributed by atoms with Crippen molar-refractivity contribution >= 4 is 55.6 Å². The van der Waals surface area contributed by atoms with Crippen molar-refractivity contribution < 1.29 is 14.3 Å². The number of rotatable bonds is 16. The van der Waals surface area contributed by atoms with Crippen molar-refractivity contribution in [3.63, 3.8) is 0 Å². The number of carbonyl (C=O) groups excluding carboxylic acids is 2. The van der Waals surface area contributed by atoms with E-state index in [-0.39, 0.29) is 11.9 Å². The number of hydrazine groups is 1. The molecule has 0 aliphatic carbocycles. The molecular weight excluding hydrogens is 522 g/mol. The van der Waals surface area contributed by atoms with E-state index in [0.29, 0.717) is 28.9 Å². The maximum Gasteiger partial charge on any atom is 0.338 e. The van der Waals surface area contributed by atoms with Crippen molar-refractivity contribution in [3.05, 3.63) is 41.5 Å². The summed E-state index contributed by atoms with van der Waals surface area (Å²) in [7, 11) is 0. The molecule has 1 heterocycles. The average molecular weight is 568 g/mol. The molecule has 0 bridgehead atoms. The van der Waals surface area contributed by atoms with Crippen LogP contribution in [0.3, 0.4) is 0 Å². The number of hydrogen-bond donors (Lipinski definition) is 3. The standard InChI is InChI=1S/C31H45N5O3S/c1-7-11-15-36(16-12-8-2)28-19-26(32-22(6)37)27(17-21(28)5)34-35-31-33-25-14-13-24(18-29(25)40-31)30(38)39-20-23(9-3)10-4/h13-14,17-19,23,34H,7-12,15-16,20H2,1-6H3,(H,32,37)(H,33,35). The first-order valence-electron chi connectivity index (χ1n) is 14.6. The second-order valence-corrected chi connectivity index (χ2v) is 11.3. The van der Waals surface area contributed by atoms with Crippen molar-refractivity contribution in [3.8, 4) is 0 Å². The second kappa shape index (κ2) is 15.5. The Hall–Kier alpha value is -3.33. The van der Waals surface area contributed by atoms with E-state index in [9.17, 15) is 9.59 Å². The van der Waals surface area contributed by atoms with Gasteiger partial charge in [-0.05, 0) is 61.6 Å². The number of carbonyl (C=O) groups is 2. The Labute approximate surface area is 242 Å². The summed E-state index contributed by atoms with van der Waals surface area (Å²) in [5, 5.41) is 3.64. The molecule has 1 aromatic heterocycles. The second-order valence-electron chi connectivity index (χ2n) is 10.3. The normalized spacial score (nSPS) is 11.1. The van der Waals surface area contributed by atoms with E-state index < -0.39 is 0 Å². The molecule has 8 nitrogen and oxygen atoms in total. The van der Waals surface area contributed by atoms with Crippen LogP contribution in [0.4, 0.5) is 22.2 Å². The first-order valence-corrected chi connectivity index (χ1v) is 15.4. The van der Waals surface area contributed by atoms with E-state index >= 15 is 0 Å². The van der Waals surface area contributed by atoms with Gasteiger partial charge in [0.1, 0.15) is 0 Å². The molecule has 40 heavy (non-hydrogen) atoms. The molecule has 0 radical (unpaired) electrons. The number of benzene rings is 2. The summed E-state index contributed by atoms with van der Waals surface area (Å²) < 4.78 is 6.42. The van der Waals surface area contributed by atoms with Crippen molar-refractivity contribution in [2.75, 3.05) is 40.8 Å². The minimum atomic E-state index is -0.308. The van der Waals surface area contributed by atoms with Crippen LogP contribution in [0.15, 0.2) is 30.3 Å². The average Bonchev–Trinajstić information content (AvgIpc) is 3.35. The van der Waals surface area contributed by atoms with Gasteiger partial charge in [-0.15, -0.1) is 0 Å². The number of aromatic nitrogens is 1. The number of nitrogens with one attached hydrogen (secondary N) is 3. The number of nitrogens with zero attached hydrogens (tertiary/aromatic N) is 2. The zero-order valence-corrected chi connectivity index (χ0v) is 25.7. The van der Waals surface area contributed by atoms with Crippen LogP contribution in [-0.4, -0.2) is 36.6 Å². The molecule has 0 unspecified atom stereocenters. The Bertz CT molecular complexity index is 1260. The lowest BCUT2D eigenvalue weighted by Gasteiger charge is -2.28. The van der Waals surface area contributed by atoms with Crippen molar-refractivity contribution in [2.45, 2.75) is 80.1 Å². The monoisotopic (exact) mass is 567 g/mol. The van der Waals surface area contributed by atoms with Crippen molar-refractivity contribution in [1.82, 2.24) is 4.98 Å². The summed E-state index contributed by atoms with van der Waals surface area (Å²) in [6.07, 6.45) is 6.48. The van der Waals surface area contributed by atoms with Gasteiger partial charge in [-0.25, -0.2) is 9.78 Å². The maximum absolute atomic E-state index is 12.6. The van der Waals surface area contributed by atoms with Gasteiger partial charge in [0, 0.05) is 25.7 Å². The van der Waals surface area contributed by atoms with Crippen LogP contribution in [0.1, 0.15) is 89.1 Å². The predicted octanol–water partition coefficient (Wildman–Crippen LogP) is 8.00. The van der Waals surface area contributed by atoms with Gasteiger partial charge >= 0.3 is 5.97 Å². The lowest BCUT2D eigenvalue weighted by Crippen LogP contribution is -2.27. The highest BCUT2D eigenvalue weighted by molar-refractivity contribution is 7.22. The highest BCUT2D eigenvalue weighted by atomic mass is 32.1. The van der Waals surface area contributed by atoms with E-state index in [1.165, 1.54) is 18.3 Å². The Morgan fingerprint density at radius 3 is 2.30 bits per heavy atom. The zero-order chi connectivity index (χ0) is 29.1. The molecule has 218 valence electrons. The number of hydrogen-bond acceptors (Lipinski definition) is 8. The summed E-state index contributed by atoms with van der Waals surface area (Å²) in [5.41, 5.74) is 11.5. The summed E-state index contributed by atoms with van der Waals surface area (Å²) in [4.78, 5) is 31.7. The molecule has 1 amide bonds. The highest BCUT2D eigenvalue weighted by Crippen LogP contribution is 2.33. The van der Waals surface area contributed by atoms with Gasteiger partial charge in [0.15, 0.2) is 0 Å². The Morgan fingerprint density at radius 2 is 1.68 bits per heavy atom. The summed E-state index contributed by atoms with van der Waals surface area (Å²) in [6.45, 7) is 14.7. The highest BCUT2D eigenvalue weighted by Gasteiger charge is 2.16. The van der Waals surface area contributed by atoms with Crippen LogP contribution >= 0.6 is 11.3 Å². The van der Waals surface area contributed by atoms with Gasteiger partial charge < -0.3 is 15.0 Å². The Morgan fingerprint density at radius 1 is 0.975 bits per heavy atom. The third-order valence-electron chi connectivity index (χ3n) is 7.08. The lowest BCUT2D eigenvalue weighted by atomic mass is 10.1. The SMILES string of the molecule is CCCCN(CCCC)c1cc(NC(C)=O)c(NNc2nc3ccc(C(=O)OCC(CC)CC)cc3s2)cc1C. The number of aryl methyl sites for hydroxylation is 1. The van der Waals surface area contributed by atoms with Crippen molar-refractivity contribution in [1.29, 1.82) is 0 Å². The molecule has 3 N–H and O–H groups in total. The molecule has 0 atom stereocenters. The number of fused-ring (bicyclic) bond motifs is 1. The fraction of sp³-hybridized carbons (Fsp3) is 0.516.